The van der Waals surface area contributed by atoms with Crippen molar-refractivity contribution in [1.82, 2.24) is 0 Å². The Kier molecular flexibility index (Phi) is 1.77. The van der Waals surface area contributed by atoms with Gasteiger partial charge in [-0.1, -0.05) is 18.2 Å². The Labute approximate surface area is 84.1 Å². The Morgan fingerprint density at radius 3 is 2.86 bits per heavy atom. The third-order valence-corrected chi connectivity index (χ3v) is 3.37. The zero-order chi connectivity index (χ0) is 9.54. The number of rotatable bonds is 2. The number of ether oxygens (including phenoxy) is 1. The molecule has 1 aromatic carbocycles. The molecule has 0 spiro atoms. The van der Waals surface area contributed by atoms with Gasteiger partial charge in [0.25, 0.3) is 0 Å². The standard InChI is InChI=1S/C12H15NO/c13-12(8-5-6-8)10-7-14-11-4-2-1-3-9(10)11/h1-4,8,10,12H,5-7,13H2. The fraction of sp³-hybridized carbons (Fsp3) is 0.500. The molecule has 74 valence electrons. The molecule has 2 aliphatic rings. The van der Waals surface area contributed by atoms with Gasteiger partial charge in [-0.2, -0.15) is 0 Å². The van der Waals surface area contributed by atoms with Gasteiger partial charge in [-0.05, 0) is 24.8 Å². The first-order valence-electron chi connectivity index (χ1n) is 5.33. The molecule has 1 aliphatic carbocycles. The summed E-state index contributed by atoms with van der Waals surface area (Å²) in [5, 5.41) is 0. The second-order valence-electron chi connectivity index (χ2n) is 4.37. The molecule has 1 heterocycles. The van der Waals surface area contributed by atoms with Crippen molar-refractivity contribution in [2.45, 2.75) is 24.8 Å². The lowest BCUT2D eigenvalue weighted by molar-refractivity contribution is 0.306. The third kappa shape index (κ3) is 1.22. The lowest BCUT2D eigenvalue weighted by Gasteiger charge is -2.17. The van der Waals surface area contributed by atoms with Gasteiger partial charge < -0.3 is 10.5 Å². The Morgan fingerprint density at radius 1 is 1.29 bits per heavy atom. The highest BCUT2D eigenvalue weighted by Gasteiger charge is 2.38. The van der Waals surface area contributed by atoms with Crippen molar-refractivity contribution in [2.75, 3.05) is 6.61 Å². The van der Waals surface area contributed by atoms with Crippen LogP contribution in [0.3, 0.4) is 0 Å². The van der Waals surface area contributed by atoms with Crippen LogP contribution in [0.1, 0.15) is 24.3 Å². The van der Waals surface area contributed by atoms with Crippen LogP contribution in [0.2, 0.25) is 0 Å². The van der Waals surface area contributed by atoms with Gasteiger partial charge in [0.2, 0.25) is 0 Å². The highest BCUT2D eigenvalue weighted by molar-refractivity contribution is 5.40. The van der Waals surface area contributed by atoms with E-state index >= 15 is 0 Å². The Bertz CT molecular complexity index is 346. The van der Waals surface area contributed by atoms with Crippen LogP contribution in [0.25, 0.3) is 0 Å². The molecule has 2 nitrogen and oxygen atoms in total. The molecular weight excluding hydrogens is 174 g/mol. The van der Waals surface area contributed by atoms with Crippen LogP contribution in [-0.4, -0.2) is 12.6 Å². The van der Waals surface area contributed by atoms with E-state index in [0.29, 0.717) is 12.0 Å². The molecule has 0 amide bonds. The van der Waals surface area contributed by atoms with Crippen LogP contribution in [-0.2, 0) is 0 Å². The summed E-state index contributed by atoms with van der Waals surface area (Å²) < 4.78 is 5.63. The number of hydrogen-bond donors (Lipinski definition) is 1. The molecule has 1 aromatic rings. The van der Waals surface area contributed by atoms with E-state index in [1.54, 1.807) is 0 Å². The zero-order valence-electron chi connectivity index (χ0n) is 8.15. The van der Waals surface area contributed by atoms with Crippen LogP contribution >= 0.6 is 0 Å². The third-order valence-electron chi connectivity index (χ3n) is 3.37. The normalized spacial score (nSPS) is 26.8. The lowest BCUT2D eigenvalue weighted by Crippen LogP contribution is -2.31. The summed E-state index contributed by atoms with van der Waals surface area (Å²) in [5.74, 6) is 2.21. The molecule has 0 saturated heterocycles. The first-order chi connectivity index (χ1) is 6.86. The summed E-state index contributed by atoms with van der Waals surface area (Å²) in [6, 6.07) is 8.58. The van der Waals surface area contributed by atoms with Gasteiger partial charge in [-0.15, -0.1) is 0 Å². The number of hydrogen-bond acceptors (Lipinski definition) is 2. The maximum absolute atomic E-state index is 6.22. The predicted molar refractivity (Wildman–Crippen MR) is 55.4 cm³/mol. The number of fused-ring (bicyclic) bond motifs is 1. The van der Waals surface area contributed by atoms with Crippen molar-refractivity contribution in [3.8, 4) is 5.75 Å². The second-order valence-corrected chi connectivity index (χ2v) is 4.37. The van der Waals surface area contributed by atoms with Crippen LogP contribution in [0.5, 0.6) is 5.75 Å². The van der Waals surface area contributed by atoms with Crippen molar-refractivity contribution in [2.24, 2.45) is 11.7 Å². The van der Waals surface area contributed by atoms with Gasteiger partial charge in [0.1, 0.15) is 5.75 Å². The SMILES string of the molecule is NC(C1CC1)C1COc2ccccc21. The average Bonchev–Trinajstić information content (AvgIpc) is 2.97. The van der Waals surface area contributed by atoms with Gasteiger partial charge in [0.15, 0.2) is 0 Å². The zero-order valence-corrected chi connectivity index (χ0v) is 8.15. The van der Waals surface area contributed by atoms with Crippen LogP contribution < -0.4 is 10.5 Å². The number of nitrogens with two attached hydrogens (primary N) is 1. The molecule has 0 radical (unpaired) electrons. The maximum Gasteiger partial charge on any atom is 0.122 e. The minimum Gasteiger partial charge on any atom is -0.493 e. The summed E-state index contributed by atoms with van der Waals surface area (Å²) in [5.41, 5.74) is 7.53. The minimum absolute atomic E-state index is 0.304. The summed E-state index contributed by atoms with van der Waals surface area (Å²) in [7, 11) is 0. The fourth-order valence-electron chi connectivity index (χ4n) is 2.32. The monoisotopic (exact) mass is 189 g/mol. The van der Waals surface area contributed by atoms with Crippen molar-refractivity contribution < 1.29 is 4.74 Å². The fourth-order valence-corrected chi connectivity index (χ4v) is 2.32. The molecule has 0 bridgehead atoms. The van der Waals surface area contributed by atoms with Gasteiger partial charge in [-0.3, -0.25) is 0 Å². The predicted octanol–water partition coefficient (Wildman–Crippen LogP) is 1.90. The van der Waals surface area contributed by atoms with Crippen molar-refractivity contribution >= 4 is 0 Å². The summed E-state index contributed by atoms with van der Waals surface area (Å²) in [6.07, 6.45) is 2.61. The molecule has 1 fully saturated rings. The second kappa shape index (κ2) is 2.99. The summed E-state index contributed by atoms with van der Waals surface area (Å²) in [6.45, 7) is 0.775. The topological polar surface area (TPSA) is 35.2 Å². The van der Waals surface area contributed by atoms with Crippen molar-refractivity contribution in [3.63, 3.8) is 0 Å². The van der Waals surface area contributed by atoms with E-state index in [0.717, 1.165) is 18.3 Å². The Balaban J connectivity index is 1.89. The van der Waals surface area contributed by atoms with E-state index in [-0.39, 0.29) is 0 Å². The maximum atomic E-state index is 6.22. The van der Waals surface area contributed by atoms with Gasteiger partial charge in [0, 0.05) is 17.5 Å². The van der Waals surface area contributed by atoms with E-state index in [4.69, 9.17) is 10.5 Å². The molecule has 2 atom stereocenters. The van der Waals surface area contributed by atoms with Crippen molar-refractivity contribution in [1.29, 1.82) is 0 Å². The number of para-hydroxylation sites is 1. The molecular formula is C12H15NO. The average molecular weight is 189 g/mol. The molecule has 0 aromatic heterocycles. The molecule has 14 heavy (non-hydrogen) atoms. The Morgan fingerprint density at radius 2 is 2.07 bits per heavy atom. The van der Waals surface area contributed by atoms with E-state index in [2.05, 4.69) is 12.1 Å². The molecule has 2 heteroatoms. The lowest BCUT2D eigenvalue weighted by atomic mass is 9.91. The molecule has 2 unspecified atom stereocenters. The van der Waals surface area contributed by atoms with E-state index < -0.39 is 0 Å². The van der Waals surface area contributed by atoms with E-state index in [1.807, 2.05) is 12.1 Å². The van der Waals surface area contributed by atoms with Crippen molar-refractivity contribution in [3.05, 3.63) is 29.8 Å². The molecule has 1 aliphatic heterocycles. The van der Waals surface area contributed by atoms with Gasteiger partial charge >= 0.3 is 0 Å². The minimum atomic E-state index is 0.304. The largest absolute Gasteiger partial charge is 0.493 e. The molecule has 1 saturated carbocycles. The number of benzene rings is 1. The summed E-state index contributed by atoms with van der Waals surface area (Å²) in [4.78, 5) is 0. The highest BCUT2D eigenvalue weighted by atomic mass is 16.5. The van der Waals surface area contributed by atoms with Gasteiger partial charge in [0.05, 0.1) is 6.61 Å². The van der Waals surface area contributed by atoms with Gasteiger partial charge in [-0.25, -0.2) is 0 Å². The molecule has 3 rings (SSSR count). The smallest absolute Gasteiger partial charge is 0.122 e. The van der Waals surface area contributed by atoms with Crippen LogP contribution in [0.15, 0.2) is 24.3 Å². The molecule has 2 N–H and O–H groups in total. The van der Waals surface area contributed by atoms with E-state index in [9.17, 15) is 0 Å². The van der Waals surface area contributed by atoms with Crippen LogP contribution in [0, 0.1) is 5.92 Å². The quantitative estimate of drug-likeness (QED) is 0.771. The first-order valence-corrected chi connectivity index (χ1v) is 5.33. The van der Waals surface area contributed by atoms with Crippen LogP contribution in [0.4, 0.5) is 0 Å². The first kappa shape index (κ1) is 8.30. The Hall–Kier alpha value is -1.02. The highest BCUT2D eigenvalue weighted by Crippen LogP contribution is 2.42. The summed E-state index contributed by atoms with van der Waals surface area (Å²) >= 11 is 0. The van der Waals surface area contributed by atoms with E-state index in [1.165, 1.54) is 18.4 Å².